The number of amides is 2. The highest BCUT2D eigenvalue weighted by Gasteiger charge is 2.14. The highest BCUT2D eigenvalue weighted by molar-refractivity contribution is 6.39. The third-order valence-corrected chi connectivity index (χ3v) is 4.20. The summed E-state index contributed by atoms with van der Waals surface area (Å²) < 4.78 is 10.5. The van der Waals surface area contributed by atoms with Gasteiger partial charge in [-0.1, -0.05) is 29.3 Å². The Kier molecular flexibility index (Phi) is 5.29. The summed E-state index contributed by atoms with van der Waals surface area (Å²) in [7, 11) is 3.05. The first kappa shape index (κ1) is 18.0. The summed E-state index contributed by atoms with van der Waals surface area (Å²) in [6, 6.07) is 7.77. The molecule has 26 heavy (non-hydrogen) atoms. The summed E-state index contributed by atoms with van der Waals surface area (Å²) in [5.41, 5.74) is 0.898. The van der Waals surface area contributed by atoms with Gasteiger partial charge in [0, 0.05) is 11.5 Å². The fraction of sp³-hybridized carbons (Fsp3) is 0.118. The molecule has 3 aromatic rings. The molecule has 0 atom stereocenters. The Labute approximate surface area is 159 Å². The number of ether oxygens (including phenoxy) is 2. The Bertz CT molecular complexity index is 961. The van der Waals surface area contributed by atoms with Gasteiger partial charge in [-0.25, -0.2) is 14.8 Å². The molecule has 7 nitrogen and oxygen atoms in total. The summed E-state index contributed by atoms with van der Waals surface area (Å²) in [5.74, 6) is 1.32. The maximum atomic E-state index is 12.4. The van der Waals surface area contributed by atoms with E-state index in [0.717, 1.165) is 0 Å². The SMILES string of the molecule is COc1cc2ncnc(NC(=O)Nc3c(Cl)cccc3Cl)c2cc1OC. The zero-order valence-corrected chi connectivity index (χ0v) is 15.4. The quantitative estimate of drug-likeness (QED) is 0.677. The van der Waals surface area contributed by atoms with Crippen molar-refractivity contribution < 1.29 is 14.3 Å². The van der Waals surface area contributed by atoms with Crippen molar-refractivity contribution in [3.8, 4) is 11.5 Å². The molecule has 2 aromatic carbocycles. The van der Waals surface area contributed by atoms with Crippen LogP contribution < -0.4 is 20.1 Å². The predicted molar refractivity (Wildman–Crippen MR) is 102 cm³/mol. The smallest absolute Gasteiger partial charge is 0.324 e. The average Bonchev–Trinajstić information content (AvgIpc) is 2.64. The highest BCUT2D eigenvalue weighted by Crippen LogP contribution is 2.34. The van der Waals surface area contributed by atoms with Crippen molar-refractivity contribution in [3.05, 3.63) is 46.7 Å². The van der Waals surface area contributed by atoms with Crippen molar-refractivity contribution in [3.63, 3.8) is 0 Å². The van der Waals surface area contributed by atoms with Gasteiger partial charge in [-0.3, -0.25) is 5.32 Å². The molecule has 0 saturated carbocycles. The predicted octanol–water partition coefficient (Wildman–Crippen LogP) is 4.60. The molecular formula is C17H14Cl2N4O3. The van der Waals surface area contributed by atoms with Gasteiger partial charge in [0.2, 0.25) is 0 Å². The number of nitrogens with zero attached hydrogens (tertiary/aromatic N) is 2. The zero-order chi connectivity index (χ0) is 18.7. The Morgan fingerprint density at radius 1 is 1.00 bits per heavy atom. The second-order valence-corrected chi connectivity index (χ2v) is 5.94. The van der Waals surface area contributed by atoms with Crippen LogP contribution in [-0.2, 0) is 0 Å². The molecule has 1 heterocycles. The monoisotopic (exact) mass is 392 g/mol. The lowest BCUT2D eigenvalue weighted by molar-refractivity contribution is 0.262. The molecule has 0 radical (unpaired) electrons. The second-order valence-electron chi connectivity index (χ2n) is 5.12. The lowest BCUT2D eigenvalue weighted by atomic mass is 10.2. The molecule has 2 amide bonds. The number of halogens is 2. The van der Waals surface area contributed by atoms with Crippen molar-refractivity contribution >= 4 is 51.6 Å². The van der Waals surface area contributed by atoms with Crippen LogP contribution in [0.1, 0.15) is 0 Å². The van der Waals surface area contributed by atoms with Gasteiger partial charge in [-0.2, -0.15) is 0 Å². The summed E-state index contributed by atoms with van der Waals surface area (Å²) >= 11 is 12.1. The number of nitrogens with one attached hydrogen (secondary N) is 2. The molecule has 1 aromatic heterocycles. The van der Waals surface area contributed by atoms with E-state index < -0.39 is 6.03 Å². The maximum Gasteiger partial charge on any atom is 0.324 e. The third-order valence-electron chi connectivity index (χ3n) is 3.57. The van der Waals surface area contributed by atoms with Crippen molar-refractivity contribution in [2.75, 3.05) is 24.9 Å². The fourth-order valence-electron chi connectivity index (χ4n) is 2.35. The van der Waals surface area contributed by atoms with Crippen LogP contribution in [-0.4, -0.2) is 30.2 Å². The van der Waals surface area contributed by atoms with Gasteiger partial charge in [-0.05, 0) is 18.2 Å². The molecule has 0 aliphatic carbocycles. The van der Waals surface area contributed by atoms with E-state index in [1.807, 2.05) is 0 Å². The Balaban J connectivity index is 1.92. The fourth-order valence-corrected chi connectivity index (χ4v) is 2.84. The minimum atomic E-state index is -0.546. The number of hydrogen-bond acceptors (Lipinski definition) is 5. The molecule has 9 heteroatoms. The number of carbonyl (C=O) groups is 1. The van der Waals surface area contributed by atoms with E-state index in [-0.39, 0.29) is 0 Å². The molecule has 134 valence electrons. The van der Waals surface area contributed by atoms with Gasteiger partial charge in [-0.15, -0.1) is 0 Å². The summed E-state index contributed by atoms with van der Waals surface area (Å²) in [4.78, 5) is 20.7. The lowest BCUT2D eigenvalue weighted by Crippen LogP contribution is -2.20. The van der Waals surface area contributed by atoms with Crippen LogP contribution >= 0.6 is 23.2 Å². The summed E-state index contributed by atoms with van der Waals surface area (Å²) in [6.07, 6.45) is 1.34. The molecule has 3 rings (SSSR count). The molecule has 0 fully saturated rings. The number of benzene rings is 2. The summed E-state index contributed by atoms with van der Waals surface area (Å²) in [6.45, 7) is 0. The second kappa shape index (κ2) is 7.63. The van der Waals surface area contributed by atoms with Crippen LogP contribution in [0.15, 0.2) is 36.7 Å². The Hall–Kier alpha value is -2.77. The van der Waals surface area contributed by atoms with Gasteiger partial charge in [0.1, 0.15) is 12.1 Å². The van der Waals surface area contributed by atoms with Gasteiger partial charge in [0.15, 0.2) is 11.5 Å². The topological polar surface area (TPSA) is 85.4 Å². The first-order chi connectivity index (χ1) is 12.5. The van der Waals surface area contributed by atoms with Crippen molar-refractivity contribution in [1.29, 1.82) is 0 Å². The standard InChI is InChI=1S/C17H14Cl2N4O3/c1-25-13-6-9-12(7-14(13)26-2)20-8-21-16(9)23-17(24)22-15-10(18)4-3-5-11(15)19/h3-8H,1-2H3,(H2,20,21,22,23,24). The number of carbonyl (C=O) groups excluding carboxylic acids is 1. The van der Waals surface area contributed by atoms with Gasteiger partial charge >= 0.3 is 6.03 Å². The largest absolute Gasteiger partial charge is 0.493 e. The molecule has 2 N–H and O–H groups in total. The number of aromatic nitrogens is 2. The molecular weight excluding hydrogens is 379 g/mol. The van der Waals surface area contributed by atoms with E-state index in [1.165, 1.54) is 20.5 Å². The first-order valence-electron chi connectivity index (χ1n) is 7.42. The maximum absolute atomic E-state index is 12.4. The van der Waals surface area contributed by atoms with Gasteiger partial charge < -0.3 is 14.8 Å². The zero-order valence-electron chi connectivity index (χ0n) is 13.8. The minimum Gasteiger partial charge on any atom is -0.493 e. The highest BCUT2D eigenvalue weighted by atomic mass is 35.5. The average molecular weight is 393 g/mol. The van der Waals surface area contributed by atoms with Crippen LogP contribution in [0.2, 0.25) is 10.0 Å². The number of methoxy groups -OCH3 is 2. The van der Waals surface area contributed by atoms with E-state index in [2.05, 4.69) is 20.6 Å². The van der Waals surface area contributed by atoms with E-state index in [0.29, 0.717) is 44.0 Å². The normalized spacial score (nSPS) is 10.5. The summed E-state index contributed by atoms with van der Waals surface area (Å²) in [5, 5.41) is 6.51. The minimum absolute atomic E-state index is 0.302. The number of rotatable bonds is 4. The molecule has 0 bridgehead atoms. The van der Waals surface area contributed by atoms with Crippen LogP contribution in [0.4, 0.5) is 16.3 Å². The van der Waals surface area contributed by atoms with E-state index in [1.54, 1.807) is 30.3 Å². The number of anilines is 2. The Morgan fingerprint density at radius 2 is 1.65 bits per heavy atom. The molecule has 0 unspecified atom stereocenters. The van der Waals surface area contributed by atoms with Crippen LogP contribution in [0.25, 0.3) is 10.9 Å². The molecule has 0 saturated heterocycles. The van der Waals surface area contributed by atoms with E-state index in [9.17, 15) is 4.79 Å². The first-order valence-corrected chi connectivity index (χ1v) is 8.18. The van der Waals surface area contributed by atoms with Crippen LogP contribution in [0.3, 0.4) is 0 Å². The lowest BCUT2D eigenvalue weighted by Gasteiger charge is -2.13. The van der Waals surface area contributed by atoms with Crippen LogP contribution in [0.5, 0.6) is 11.5 Å². The van der Waals surface area contributed by atoms with Gasteiger partial charge in [0.25, 0.3) is 0 Å². The molecule has 0 aliphatic rings. The van der Waals surface area contributed by atoms with E-state index >= 15 is 0 Å². The number of urea groups is 1. The molecule has 0 spiro atoms. The van der Waals surface area contributed by atoms with Crippen molar-refractivity contribution in [2.24, 2.45) is 0 Å². The van der Waals surface area contributed by atoms with Gasteiger partial charge in [0.05, 0.1) is 35.5 Å². The number of hydrogen-bond donors (Lipinski definition) is 2. The molecule has 0 aliphatic heterocycles. The number of para-hydroxylation sites is 1. The third kappa shape index (κ3) is 3.58. The van der Waals surface area contributed by atoms with Crippen molar-refractivity contribution in [1.82, 2.24) is 9.97 Å². The van der Waals surface area contributed by atoms with Crippen LogP contribution in [0, 0.1) is 0 Å². The Morgan fingerprint density at radius 3 is 2.31 bits per heavy atom. The van der Waals surface area contributed by atoms with E-state index in [4.69, 9.17) is 32.7 Å². The van der Waals surface area contributed by atoms with Crippen molar-refractivity contribution in [2.45, 2.75) is 0 Å². The number of fused-ring (bicyclic) bond motifs is 1.